The normalized spacial score (nSPS) is 21.2. The summed E-state index contributed by atoms with van der Waals surface area (Å²) in [6.45, 7) is 2.71. The number of nitrogens with one attached hydrogen (secondary N) is 1. The predicted octanol–water partition coefficient (Wildman–Crippen LogP) is 2.05. The van der Waals surface area contributed by atoms with Crippen molar-refractivity contribution in [1.82, 2.24) is 5.32 Å². The lowest BCUT2D eigenvalue weighted by atomic mass is 9.94. The van der Waals surface area contributed by atoms with Gasteiger partial charge in [-0.25, -0.2) is 0 Å². The van der Waals surface area contributed by atoms with Crippen LogP contribution in [-0.2, 0) is 20.7 Å². The van der Waals surface area contributed by atoms with Crippen LogP contribution in [0, 0.1) is 6.92 Å². The first kappa shape index (κ1) is 16.0. The zero-order valence-electron chi connectivity index (χ0n) is 11.8. The minimum Gasteiger partial charge on any atom is -0.481 e. The van der Waals surface area contributed by atoms with Gasteiger partial charge in [0.05, 0.1) is 25.0 Å². The minimum absolute atomic E-state index is 0.115. The molecule has 0 bridgehead atoms. The summed E-state index contributed by atoms with van der Waals surface area (Å²) in [5.41, 5.74) is 1.21. The summed E-state index contributed by atoms with van der Waals surface area (Å²) in [7, 11) is 0. The lowest BCUT2D eigenvalue weighted by molar-refractivity contribution is -0.139. The maximum atomic E-state index is 12.2. The van der Waals surface area contributed by atoms with Crippen LogP contribution in [0.25, 0.3) is 0 Å². The fourth-order valence-corrected chi connectivity index (χ4v) is 2.88. The molecule has 2 rings (SSSR count). The van der Waals surface area contributed by atoms with E-state index in [1.54, 1.807) is 0 Å². The first-order valence-corrected chi connectivity index (χ1v) is 7.55. The Morgan fingerprint density at radius 3 is 2.81 bits per heavy atom. The van der Waals surface area contributed by atoms with E-state index < -0.39 is 11.5 Å². The molecule has 1 aliphatic rings. The highest BCUT2D eigenvalue weighted by atomic mass is 79.9. The van der Waals surface area contributed by atoms with Crippen molar-refractivity contribution in [2.75, 3.05) is 13.2 Å². The Morgan fingerprint density at radius 1 is 1.48 bits per heavy atom. The number of carboxylic acids is 1. The Bertz CT molecular complexity index is 553. The van der Waals surface area contributed by atoms with Crippen LogP contribution in [-0.4, -0.2) is 35.7 Å². The fraction of sp³-hybridized carbons (Fsp3) is 0.467. The highest BCUT2D eigenvalue weighted by molar-refractivity contribution is 9.10. The second-order valence-electron chi connectivity index (χ2n) is 5.46. The molecule has 0 aliphatic carbocycles. The Balaban J connectivity index is 2.02. The average Bonchev–Trinajstić information content (AvgIpc) is 2.80. The first-order chi connectivity index (χ1) is 9.90. The van der Waals surface area contributed by atoms with Crippen molar-refractivity contribution in [2.45, 2.75) is 31.7 Å². The second kappa shape index (κ2) is 6.58. The molecule has 21 heavy (non-hydrogen) atoms. The number of amides is 1. The van der Waals surface area contributed by atoms with Crippen molar-refractivity contribution in [1.29, 1.82) is 0 Å². The van der Waals surface area contributed by atoms with Crippen molar-refractivity contribution >= 4 is 27.8 Å². The summed E-state index contributed by atoms with van der Waals surface area (Å²) in [5, 5.41) is 11.8. The van der Waals surface area contributed by atoms with Gasteiger partial charge in [-0.15, -0.1) is 0 Å². The number of carbonyl (C=O) groups is 2. The van der Waals surface area contributed by atoms with Gasteiger partial charge in [0.2, 0.25) is 5.91 Å². The Morgan fingerprint density at radius 2 is 2.24 bits per heavy atom. The Labute approximate surface area is 131 Å². The van der Waals surface area contributed by atoms with E-state index in [0.29, 0.717) is 13.0 Å². The lowest BCUT2D eigenvalue weighted by Gasteiger charge is -2.27. The maximum absolute atomic E-state index is 12.2. The van der Waals surface area contributed by atoms with Gasteiger partial charge in [0.1, 0.15) is 0 Å². The molecule has 0 saturated carbocycles. The van der Waals surface area contributed by atoms with Gasteiger partial charge in [-0.3, -0.25) is 9.59 Å². The monoisotopic (exact) mass is 355 g/mol. The van der Waals surface area contributed by atoms with Crippen LogP contribution in [0.15, 0.2) is 22.7 Å². The molecule has 1 unspecified atom stereocenters. The van der Waals surface area contributed by atoms with E-state index in [0.717, 1.165) is 15.6 Å². The topological polar surface area (TPSA) is 75.6 Å². The molecular weight excluding hydrogens is 338 g/mol. The molecule has 1 amide bonds. The van der Waals surface area contributed by atoms with Gasteiger partial charge >= 0.3 is 5.97 Å². The quantitative estimate of drug-likeness (QED) is 0.847. The summed E-state index contributed by atoms with van der Waals surface area (Å²) >= 11 is 3.44. The fourth-order valence-electron chi connectivity index (χ4n) is 2.45. The third kappa shape index (κ3) is 4.28. The molecule has 1 aromatic rings. The van der Waals surface area contributed by atoms with Gasteiger partial charge in [-0.2, -0.15) is 0 Å². The number of aryl methyl sites for hydroxylation is 1. The van der Waals surface area contributed by atoms with Gasteiger partial charge in [-0.05, 0) is 30.5 Å². The predicted molar refractivity (Wildman–Crippen MR) is 81.1 cm³/mol. The molecule has 6 heteroatoms. The number of hydrogen-bond donors (Lipinski definition) is 2. The number of rotatable bonds is 5. The molecule has 1 atom stereocenters. The van der Waals surface area contributed by atoms with Gasteiger partial charge in [0, 0.05) is 11.1 Å². The molecule has 0 radical (unpaired) electrons. The van der Waals surface area contributed by atoms with Crippen LogP contribution in [0.2, 0.25) is 0 Å². The second-order valence-corrected chi connectivity index (χ2v) is 6.32. The van der Waals surface area contributed by atoms with Gasteiger partial charge in [0.15, 0.2) is 0 Å². The average molecular weight is 356 g/mol. The summed E-state index contributed by atoms with van der Waals surface area (Å²) in [4.78, 5) is 23.1. The SMILES string of the molecule is Cc1ccc(CC(=O)NC2(CC(=O)O)CCOC2)cc1Br. The van der Waals surface area contributed by atoms with E-state index in [4.69, 9.17) is 9.84 Å². The minimum atomic E-state index is -0.932. The smallest absolute Gasteiger partial charge is 0.305 e. The van der Waals surface area contributed by atoms with Crippen molar-refractivity contribution in [3.8, 4) is 0 Å². The molecule has 2 N–H and O–H groups in total. The number of hydrogen-bond acceptors (Lipinski definition) is 3. The molecule has 114 valence electrons. The molecule has 0 aromatic heterocycles. The zero-order valence-corrected chi connectivity index (χ0v) is 13.4. The van der Waals surface area contributed by atoms with E-state index in [9.17, 15) is 9.59 Å². The van der Waals surface area contributed by atoms with Gasteiger partial charge in [-0.1, -0.05) is 28.1 Å². The number of halogens is 1. The molecule has 5 nitrogen and oxygen atoms in total. The van der Waals surface area contributed by atoms with E-state index in [2.05, 4.69) is 21.2 Å². The van der Waals surface area contributed by atoms with Crippen LogP contribution in [0.3, 0.4) is 0 Å². The molecule has 1 heterocycles. The number of benzene rings is 1. The van der Waals surface area contributed by atoms with E-state index in [1.165, 1.54) is 0 Å². The van der Waals surface area contributed by atoms with E-state index in [-0.39, 0.29) is 25.4 Å². The molecule has 1 aliphatic heterocycles. The van der Waals surface area contributed by atoms with Crippen LogP contribution in [0.1, 0.15) is 24.0 Å². The standard InChI is InChI=1S/C15H18BrNO4/c1-10-2-3-11(6-12(10)16)7-13(18)17-15(8-14(19)20)4-5-21-9-15/h2-3,6H,4-5,7-9H2,1H3,(H,17,18)(H,19,20). The third-order valence-corrected chi connectivity index (χ3v) is 4.45. The van der Waals surface area contributed by atoms with E-state index >= 15 is 0 Å². The van der Waals surface area contributed by atoms with Gasteiger partial charge in [0.25, 0.3) is 0 Å². The van der Waals surface area contributed by atoms with Crippen LogP contribution < -0.4 is 5.32 Å². The lowest BCUT2D eigenvalue weighted by Crippen LogP contribution is -2.51. The van der Waals surface area contributed by atoms with Gasteiger partial charge < -0.3 is 15.2 Å². The number of carbonyl (C=O) groups excluding carboxylic acids is 1. The largest absolute Gasteiger partial charge is 0.481 e. The summed E-state index contributed by atoms with van der Waals surface area (Å²) < 4.78 is 6.22. The Kier molecular flexibility index (Phi) is 5.00. The van der Waals surface area contributed by atoms with Crippen LogP contribution >= 0.6 is 15.9 Å². The Hall–Kier alpha value is -1.40. The zero-order chi connectivity index (χ0) is 15.5. The van der Waals surface area contributed by atoms with Crippen molar-refractivity contribution in [2.24, 2.45) is 0 Å². The molecule has 1 aromatic carbocycles. The maximum Gasteiger partial charge on any atom is 0.305 e. The number of ether oxygens (including phenoxy) is 1. The van der Waals surface area contributed by atoms with Crippen molar-refractivity contribution < 1.29 is 19.4 Å². The van der Waals surface area contributed by atoms with E-state index in [1.807, 2.05) is 25.1 Å². The highest BCUT2D eigenvalue weighted by Gasteiger charge is 2.38. The molecule has 1 saturated heterocycles. The van der Waals surface area contributed by atoms with Crippen LogP contribution in [0.4, 0.5) is 0 Å². The summed E-state index contributed by atoms with van der Waals surface area (Å²) in [5.74, 6) is -1.11. The first-order valence-electron chi connectivity index (χ1n) is 6.76. The summed E-state index contributed by atoms with van der Waals surface area (Å²) in [6.07, 6.45) is 0.638. The number of carboxylic acid groups (broad SMARTS) is 1. The molecule has 0 spiro atoms. The summed E-state index contributed by atoms with van der Waals surface area (Å²) in [6, 6.07) is 5.75. The molecule has 1 fully saturated rings. The van der Waals surface area contributed by atoms with Crippen molar-refractivity contribution in [3.05, 3.63) is 33.8 Å². The van der Waals surface area contributed by atoms with Crippen LogP contribution in [0.5, 0.6) is 0 Å². The third-order valence-electron chi connectivity index (χ3n) is 3.60. The highest BCUT2D eigenvalue weighted by Crippen LogP contribution is 2.23. The molecular formula is C15H18BrNO4. The number of aliphatic carboxylic acids is 1. The van der Waals surface area contributed by atoms with Crippen molar-refractivity contribution in [3.63, 3.8) is 0 Å².